The number of amides is 3. The molecule has 11 heteroatoms. The second-order valence-electron chi connectivity index (χ2n) is 11.8. The first-order valence-corrected chi connectivity index (χ1v) is 16.6. The van der Waals surface area contributed by atoms with Gasteiger partial charge >= 0.3 is 0 Å². The van der Waals surface area contributed by atoms with Crippen molar-refractivity contribution in [3.8, 4) is 11.3 Å². The molecule has 244 valence electrons. The molecule has 6 aromatic rings. The minimum atomic E-state index is -0.673. The second kappa shape index (κ2) is 14.0. The molecule has 3 heterocycles. The molecule has 0 bridgehead atoms. The maximum Gasteiger partial charge on any atom is 0.261 e. The highest BCUT2D eigenvalue weighted by Crippen LogP contribution is 2.24. The maximum absolute atomic E-state index is 14.1. The number of anilines is 1. The van der Waals surface area contributed by atoms with Crippen LogP contribution in [0.2, 0.25) is 0 Å². The number of benzene rings is 4. The number of imide groups is 1. The smallest absolute Gasteiger partial charge is 0.261 e. The van der Waals surface area contributed by atoms with Gasteiger partial charge in [-0.25, -0.2) is 9.07 Å². The monoisotopic (exact) mass is 670 g/mol. The number of nitrogens with one attached hydrogen (secondary N) is 2. The summed E-state index contributed by atoms with van der Waals surface area (Å²) in [5.74, 6) is -1.64. The Morgan fingerprint density at radius 1 is 0.837 bits per heavy atom. The van der Waals surface area contributed by atoms with Crippen LogP contribution < -0.4 is 10.6 Å². The average Bonchev–Trinajstić information content (AvgIpc) is 3.86. The Balaban J connectivity index is 1.04. The fraction of sp³-hybridized carbons (Fsp3) is 0.132. The quantitative estimate of drug-likeness (QED) is 0.145. The van der Waals surface area contributed by atoms with E-state index in [1.165, 1.54) is 17.0 Å². The average molecular weight is 671 g/mol. The molecule has 1 atom stereocenters. The summed E-state index contributed by atoms with van der Waals surface area (Å²) in [6.07, 6.45) is 2.07. The molecule has 2 N–H and O–H groups in total. The van der Waals surface area contributed by atoms with Crippen molar-refractivity contribution >= 4 is 34.7 Å². The molecule has 2 aromatic heterocycles. The molecule has 0 unspecified atom stereocenters. The lowest BCUT2D eigenvalue weighted by Gasteiger charge is -2.24. The number of hydrogen-bond acceptors (Lipinski definition) is 7. The number of thiophene rings is 1. The highest BCUT2D eigenvalue weighted by atomic mass is 32.1. The van der Waals surface area contributed by atoms with Crippen LogP contribution in [0.4, 0.5) is 10.1 Å². The number of aromatic nitrogens is 3. The minimum absolute atomic E-state index is 0.0687. The number of hydrogen-bond donors (Lipinski definition) is 2. The van der Waals surface area contributed by atoms with Gasteiger partial charge in [-0.05, 0) is 77.5 Å². The Bertz CT molecular complexity index is 2110. The summed E-state index contributed by atoms with van der Waals surface area (Å²) >= 11 is 1.71. The van der Waals surface area contributed by atoms with E-state index in [-0.39, 0.29) is 18.9 Å². The Kier molecular flexibility index (Phi) is 9.07. The lowest BCUT2D eigenvalue weighted by atomic mass is 10.0. The SMILES string of the molecule is O=C(N[C@@H](Cc1cccc(F)c1)CN1C(=O)c2ccccc2C1=O)c1cccc(Cn2cc(-c3cccc(NCc4cccs4)c3)nn2)c1. The predicted molar refractivity (Wildman–Crippen MR) is 186 cm³/mol. The summed E-state index contributed by atoms with van der Waals surface area (Å²) in [5.41, 5.74) is 5.14. The number of fused-ring (bicyclic) bond motifs is 1. The molecule has 7 rings (SSSR count). The van der Waals surface area contributed by atoms with Gasteiger partial charge in [-0.1, -0.05) is 59.8 Å². The summed E-state index contributed by atoms with van der Waals surface area (Å²) in [6, 6.07) is 31.3. The number of rotatable bonds is 12. The molecule has 1 aliphatic heterocycles. The first-order chi connectivity index (χ1) is 23.9. The van der Waals surface area contributed by atoms with Gasteiger partial charge in [-0.3, -0.25) is 19.3 Å². The summed E-state index contributed by atoms with van der Waals surface area (Å²) in [4.78, 5) is 42.2. The molecule has 0 saturated carbocycles. The van der Waals surface area contributed by atoms with Crippen molar-refractivity contribution in [2.24, 2.45) is 0 Å². The minimum Gasteiger partial charge on any atom is -0.380 e. The van der Waals surface area contributed by atoms with Gasteiger partial charge in [-0.2, -0.15) is 0 Å². The molecular formula is C38H31FN6O3S. The summed E-state index contributed by atoms with van der Waals surface area (Å²) in [6.45, 7) is 1.05. The van der Waals surface area contributed by atoms with Crippen LogP contribution in [0, 0.1) is 5.82 Å². The van der Waals surface area contributed by atoms with E-state index in [9.17, 15) is 18.8 Å². The topological polar surface area (TPSA) is 109 Å². The molecule has 0 aliphatic carbocycles. The zero-order valence-electron chi connectivity index (χ0n) is 26.3. The van der Waals surface area contributed by atoms with Crippen molar-refractivity contribution in [3.05, 3.63) is 159 Å². The van der Waals surface area contributed by atoms with Crippen LogP contribution in [-0.2, 0) is 19.5 Å². The molecule has 0 fully saturated rings. The van der Waals surface area contributed by atoms with Crippen molar-refractivity contribution in [1.29, 1.82) is 0 Å². The first-order valence-electron chi connectivity index (χ1n) is 15.8. The highest BCUT2D eigenvalue weighted by molar-refractivity contribution is 7.09. The third kappa shape index (κ3) is 7.31. The van der Waals surface area contributed by atoms with Gasteiger partial charge in [-0.15, -0.1) is 16.4 Å². The normalized spacial score (nSPS) is 13.0. The summed E-state index contributed by atoms with van der Waals surface area (Å²) in [5, 5.41) is 17.2. The van der Waals surface area contributed by atoms with Crippen LogP contribution in [0.15, 0.2) is 121 Å². The Morgan fingerprint density at radius 3 is 2.39 bits per heavy atom. The van der Waals surface area contributed by atoms with Crippen LogP contribution in [0.25, 0.3) is 11.3 Å². The van der Waals surface area contributed by atoms with E-state index in [1.807, 2.05) is 42.6 Å². The van der Waals surface area contributed by atoms with Crippen LogP contribution in [-0.4, -0.2) is 50.2 Å². The standard InChI is InChI=1S/C38H31FN6O3S/c39-29-11-4-7-25(18-29)19-31(23-45-37(47)33-14-1-2-15-34(33)38(45)48)41-36(46)28-10-3-8-26(17-28)22-44-24-35(42-43-44)27-9-5-12-30(20-27)40-21-32-13-6-16-49-32/h1-18,20,24,31,40H,19,21-23H2,(H,41,46)/t31-/m0/s1. The third-order valence-corrected chi connectivity index (χ3v) is 9.14. The van der Waals surface area contributed by atoms with Crippen LogP contribution in [0.5, 0.6) is 0 Å². The van der Waals surface area contributed by atoms with Crippen molar-refractivity contribution in [1.82, 2.24) is 25.2 Å². The Morgan fingerprint density at radius 2 is 1.61 bits per heavy atom. The van der Waals surface area contributed by atoms with Crippen LogP contribution in [0.3, 0.4) is 0 Å². The molecule has 0 spiro atoms. The van der Waals surface area contributed by atoms with E-state index in [0.29, 0.717) is 28.8 Å². The third-order valence-electron chi connectivity index (χ3n) is 8.27. The number of nitrogens with zero attached hydrogens (tertiary/aromatic N) is 4. The molecule has 4 aromatic carbocycles. The lowest BCUT2D eigenvalue weighted by Crippen LogP contribution is -2.47. The van der Waals surface area contributed by atoms with E-state index in [1.54, 1.807) is 70.6 Å². The fourth-order valence-electron chi connectivity index (χ4n) is 5.90. The number of halogens is 1. The van der Waals surface area contributed by atoms with E-state index in [4.69, 9.17) is 0 Å². The van der Waals surface area contributed by atoms with Crippen LogP contribution in [0.1, 0.15) is 47.1 Å². The van der Waals surface area contributed by atoms with Crippen molar-refractivity contribution in [2.45, 2.75) is 25.6 Å². The van der Waals surface area contributed by atoms with E-state index < -0.39 is 23.7 Å². The maximum atomic E-state index is 14.1. The number of carbonyl (C=O) groups excluding carboxylic acids is 3. The Hall–Kier alpha value is -5.94. The molecule has 9 nitrogen and oxygen atoms in total. The lowest BCUT2D eigenvalue weighted by molar-refractivity contribution is 0.0628. The van der Waals surface area contributed by atoms with Gasteiger partial charge in [0, 0.05) is 34.8 Å². The first kappa shape index (κ1) is 31.6. The zero-order chi connectivity index (χ0) is 33.7. The largest absolute Gasteiger partial charge is 0.380 e. The van der Waals surface area contributed by atoms with Crippen molar-refractivity contribution < 1.29 is 18.8 Å². The van der Waals surface area contributed by atoms with E-state index >= 15 is 0 Å². The van der Waals surface area contributed by atoms with Gasteiger partial charge in [0.25, 0.3) is 17.7 Å². The van der Waals surface area contributed by atoms with Gasteiger partial charge < -0.3 is 10.6 Å². The molecule has 49 heavy (non-hydrogen) atoms. The fourth-order valence-corrected chi connectivity index (χ4v) is 6.55. The van der Waals surface area contributed by atoms with E-state index in [2.05, 4.69) is 32.4 Å². The molecule has 0 radical (unpaired) electrons. The van der Waals surface area contributed by atoms with Gasteiger partial charge in [0.15, 0.2) is 0 Å². The number of carbonyl (C=O) groups is 3. The molecule has 3 amide bonds. The highest BCUT2D eigenvalue weighted by Gasteiger charge is 2.36. The molecule has 1 aliphatic rings. The zero-order valence-corrected chi connectivity index (χ0v) is 27.1. The molecular weight excluding hydrogens is 640 g/mol. The van der Waals surface area contributed by atoms with E-state index in [0.717, 1.165) is 34.0 Å². The Labute approximate surface area is 286 Å². The predicted octanol–water partition coefficient (Wildman–Crippen LogP) is 6.44. The van der Waals surface area contributed by atoms with Gasteiger partial charge in [0.1, 0.15) is 11.5 Å². The summed E-state index contributed by atoms with van der Waals surface area (Å²) in [7, 11) is 0. The van der Waals surface area contributed by atoms with Crippen molar-refractivity contribution in [2.75, 3.05) is 11.9 Å². The van der Waals surface area contributed by atoms with Gasteiger partial charge in [0.05, 0.1) is 29.9 Å². The van der Waals surface area contributed by atoms with Crippen molar-refractivity contribution in [3.63, 3.8) is 0 Å². The van der Waals surface area contributed by atoms with Crippen LogP contribution >= 0.6 is 11.3 Å². The van der Waals surface area contributed by atoms with Gasteiger partial charge in [0.2, 0.25) is 0 Å². The second-order valence-corrected chi connectivity index (χ2v) is 12.8. The molecule has 0 saturated heterocycles. The summed E-state index contributed by atoms with van der Waals surface area (Å²) < 4.78 is 15.8.